The number of halogens is 3. The lowest BCUT2D eigenvalue weighted by Crippen LogP contribution is -2.42. The molecule has 0 radical (unpaired) electrons. The van der Waals surface area contributed by atoms with E-state index < -0.39 is 20.1 Å². The molecule has 1 aliphatic heterocycles. The molecule has 3 rings (SSSR count). The molecule has 0 aliphatic carbocycles. The molecule has 0 amide bonds. The first-order valence-electron chi connectivity index (χ1n) is 10.9. The third-order valence-corrected chi connectivity index (χ3v) is 11.4. The normalized spacial score (nSPS) is 20.9. The van der Waals surface area contributed by atoms with Crippen LogP contribution in [0.15, 0.2) is 54.6 Å². The van der Waals surface area contributed by atoms with E-state index >= 15 is 0 Å². The summed E-state index contributed by atoms with van der Waals surface area (Å²) >= 11 is 0. The molecule has 1 fully saturated rings. The predicted molar refractivity (Wildman–Crippen MR) is 123 cm³/mol. The second kappa shape index (κ2) is 9.08. The minimum atomic E-state index is -4.33. The number of hydrogen-bond donors (Lipinski definition) is 0. The minimum absolute atomic E-state index is 0.0239. The maximum Gasteiger partial charge on any atom is 0.416 e. The van der Waals surface area contributed by atoms with E-state index in [4.69, 9.17) is 4.43 Å². The van der Waals surface area contributed by atoms with E-state index in [-0.39, 0.29) is 16.9 Å². The Balaban J connectivity index is 1.82. The molecule has 0 N–H and O–H groups in total. The fourth-order valence-electron chi connectivity index (χ4n) is 3.96. The maximum absolute atomic E-state index is 13.3. The van der Waals surface area contributed by atoms with Crippen molar-refractivity contribution in [2.24, 2.45) is 5.92 Å². The Labute approximate surface area is 185 Å². The smallest absolute Gasteiger partial charge is 0.416 e. The largest absolute Gasteiger partial charge is 0.416 e. The van der Waals surface area contributed by atoms with E-state index in [0.717, 1.165) is 31.3 Å². The summed E-state index contributed by atoms with van der Waals surface area (Å²) in [5.41, 5.74) is 1.40. The Bertz CT molecular complexity index is 861. The Hall–Kier alpha value is -1.63. The Kier molecular flexibility index (Phi) is 7.04. The Morgan fingerprint density at radius 1 is 0.968 bits per heavy atom. The standard InChI is InChI=1S/C25H34F3NOSi/c1-24(2,3)31(4,5)30-18-21-16-29(15-19-10-7-6-8-11-19)17-23(21)20-12-9-13-22(14-20)25(26,27)28/h6-14,21,23H,15-18H2,1-5H3. The van der Waals surface area contributed by atoms with Crippen molar-refractivity contribution in [3.63, 3.8) is 0 Å². The summed E-state index contributed by atoms with van der Waals surface area (Å²) in [5.74, 6) is 0.192. The first kappa shape index (κ1) is 24.0. The van der Waals surface area contributed by atoms with Crippen LogP contribution in [0.1, 0.15) is 43.4 Å². The number of hydrogen-bond acceptors (Lipinski definition) is 2. The van der Waals surface area contributed by atoms with Gasteiger partial charge in [0.25, 0.3) is 0 Å². The summed E-state index contributed by atoms with van der Waals surface area (Å²) in [6.07, 6.45) is -4.33. The van der Waals surface area contributed by atoms with Gasteiger partial charge in [-0.15, -0.1) is 0 Å². The minimum Gasteiger partial charge on any atom is -0.416 e. The lowest BCUT2D eigenvalue weighted by Gasteiger charge is -2.37. The van der Waals surface area contributed by atoms with Crippen LogP contribution in [0.3, 0.4) is 0 Å². The summed E-state index contributed by atoms with van der Waals surface area (Å²) in [4.78, 5) is 2.35. The van der Waals surface area contributed by atoms with Crippen LogP contribution < -0.4 is 0 Å². The zero-order valence-electron chi connectivity index (χ0n) is 19.2. The van der Waals surface area contributed by atoms with Crippen molar-refractivity contribution in [1.29, 1.82) is 0 Å². The van der Waals surface area contributed by atoms with Gasteiger partial charge in [-0.2, -0.15) is 13.2 Å². The van der Waals surface area contributed by atoms with Gasteiger partial charge in [0.05, 0.1) is 5.56 Å². The van der Waals surface area contributed by atoms with Gasteiger partial charge in [0.2, 0.25) is 0 Å². The zero-order chi connectivity index (χ0) is 22.9. The molecular weight excluding hydrogens is 415 g/mol. The van der Waals surface area contributed by atoms with Gasteiger partial charge in [-0.1, -0.05) is 69.3 Å². The summed E-state index contributed by atoms with van der Waals surface area (Å²) < 4.78 is 46.5. The maximum atomic E-state index is 13.3. The van der Waals surface area contributed by atoms with Crippen molar-refractivity contribution in [2.75, 3.05) is 19.7 Å². The van der Waals surface area contributed by atoms with Gasteiger partial charge in [-0.25, -0.2) is 0 Å². The molecule has 2 atom stereocenters. The fraction of sp³-hybridized carbons (Fsp3) is 0.520. The Morgan fingerprint density at radius 3 is 2.26 bits per heavy atom. The average molecular weight is 450 g/mol. The molecule has 0 spiro atoms. The number of rotatable bonds is 6. The number of nitrogens with zero attached hydrogens (tertiary/aromatic N) is 1. The van der Waals surface area contributed by atoms with Crippen LogP contribution in [0.5, 0.6) is 0 Å². The molecule has 1 aliphatic rings. The second-order valence-electron chi connectivity index (χ2n) is 10.2. The van der Waals surface area contributed by atoms with Crippen LogP contribution in [0.2, 0.25) is 18.1 Å². The van der Waals surface area contributed by atoms with Gasteiger partial charge in [0.15, 0.2) is 8.32 Å². The summed E-state index contributed by atoms with van der Waals surface area (Å²) in [7, 11) is -1.94. The molecule has 31 heavy (non-hydrogen) atoms. The van der Waals surface area contributed by atoms with Crippen molar-refractivity contribution in [3.8, 4) is 0 Å². The summed E-state index contributed by atoms with van der Waals surface area (Å²) in [6, 6.07) is 16.1. The molecule has 170 valence electrons. The first-order valence-corrected chi connectivity index (χ1v) is 13.8. The van der Waals surface area contributed by atoms with Crippen LogP contribution in [0, 0.1) is 5.92 Å². The molecule has 2 aromatic carbocycles. The molecule has 1 saturated heterocycles. The molecule has 0 aromatic heterocycles. The topological polar surface area (TPSA) is 12.5 Å². The van der Waals surface area contributed by atoms with E-state index in [9.17, 15) is 13.2 Å². The van der Waals surface area contributed by atoms with Gasteiger partial charge in [0, 0.05) is 38.1 Å². The molecule has 0 bridgehead atoms. The average Bonchev–Trinajstić information content (AvgIpc) is 3.08. The quantitative estimate of drug-likeness (QED) is 0.443. The van der Waals surface area contributed by atoms with Gasteiger partial charge in [-0.3, -0.25) is 4.90 Å². The van der Waals surface area contributed by atoms with E-state index in [1.165, 1.54) is 17.7 Å². The van der Waals surface area contributed by atoms with Gasteiger partial charge < -0.3 is 4.43 Å². The molecule has 2 aromatic rings. The lowest BCUT2D eigenvalue weighted by molar-refractivity contribution is -0.137. The van der Waals surface area contributed by atoms with Crippen LogP contribution in [-0.2, 0) is 17.1 Å². The molecule has 2 unspecified atom stereocenters. The highest BCUT2D eigenvalue weighted by Crippen LogP contribution is 2.40. The summed E-state index contributed by atoms with van der Waals surface area (Å²) in [5, 5.41) is 0.0982. The number of benzene rings is 2. The van der Waals surface area contributed by atoms with Crippen molar-refractivity contribution < 1.29 is 17.6 Å². The zero-order valence-corrected chi connectivity index (χ0v) is 20.2. The highest BCUT2D eigenvalue weighted by molar-refractivity contribution is 6.74. The fourth-order valence-corrected chi connectivity index (χ4v) is 5.02. The van der Waals surface area contributed by atoms with Crippen LogP contribution in [0.25, 0.3) is 0 Å². The summed E-state index contributed by atoms with van der Waals surface area (Å²) in [6.45, 7) is 14.0. The molecule has 2 nitrogen and oxygen atoms in total. The van der Waals surface area contributed by atoms with Gasteiger partial charge in [0.1, 0.15) is 0 Å². The number of alkyl halides is 3. The second-order valence-corrected chi connectivity index (χ2v) is 15.1. The monoisotopic (exact) mass is 449 g/mol. The van der Waals surface area contributed by atoms with Crippen LogP contribution >= 0.6 is 0 Å². The van der Waals surface area contributed by atoms with E-state index in [1.807, 2.05) is 24.3 Å². The SMILES string of the molecule is CC(C)(C)[Si](C)(C)OCC1CN(Cc2ccccc2)CC1c1cccc(C(F)(F)F)c1. The highest BCUT2D eigenvalue weighted by atomic mass is 28.4. The van der Waals surface area contributed by atoms with Crippen LogP contribution in [0.4, 0.5) is 13.2 Å². The lowest BCUT2D eigenvalue weighted by atomic mass is 9.88. The van der Waals surface area contributed by atoms with E-state index in [1.54, 1.807) is 0 Å². The molecular formula is C25H34F3NOSi. The van der Waals surface area contributed by atoms with Gasteiger partial charge >= 0.3 is 6.18 Å². The third-order valence-electron chi connectivity index (χ3n) is 6.87. The van der Waals surface area contributed by atoms with Gasteiger partial charge in [-0.05, 0) is 35.3 Å². The predicted octanol–water partition coefficient (Wildman–Crippen LogP) is 6.94. The molecule has 0 saturated carbocycles. The third kappa shape index (κ3) is 5.99. The first-order chi connectivity index (χ1) is 14.4. The van der Waals surface area contributed by atoms with E-state index in [0.29, 0.717) is 6.61 Å². The van der Waals surface area contributed by atoms with Crippen molar-refractivity contribution in [3.05, 3.63) is 71.3 Å². The van der Waals surface area contributed by atoms with E-state index in [2.05, 4.69) is 50.9 Å². The van der Waals surface area contributed by atoms with Crippen molar-refractivity contribution in [1.82, 2.24) is 4.90 Å². The van der Waals surface area contributed by atoms with Crippen LogP contribution in [-0.4, -0.2) is 32.9 Å². The molecule has 1 heterocycles. The highest BCUT2D eigenvalue weighted by Gasteiger charge is 2.41. The molecule has 6 heteroatoms. The van der Waals surface area contributed by atoms with Crippen molar-refractivity contribution in [2.45, 2.75) is 57.5 Å². The Morgan fingerprint density at radius 2 is 1.65 bits per heavy atom. The van der Waals surface area contributed by atoms with Crippen molar-refractivity contribution >= 4 is 8.32 Å². The number of likely N-dealkylation sites (tertiary alicyclic amines) is 1.